The maximum Gasteiger partial charge on any atom is 0.305 e. The molecule has 6 nitrogen and oxygen atoms in total. The van der Waals surface area contributed by atoms with E-state index in [4.69, 9.17) is 9.84 Å². The van der Waals surface area contributed by atoms with Crippen LogP contribution in [0.15, 0.2) is 48.8 Å². The van der Waals surface area contributed by atoms with Crippen LogP contribution in [0.25, 0.3) is 0 Å². The van der Waals surface area contributed by atoms with Crippen molar-refractivity contribution in [2.24, 2.45) is 0 Å². The molecule has 144 valence electrons. The first kappa shape index (κ1) is 20.4. The van der Waals surface area contributed by atoms with Gasteiger partial charge in [0.25, 0.3) is 0 Å². The molecule has 0 aliphatic heterocycles. The van der Waals surface area contributed by atoms with Gasteiger partial charge in [0.05, 0.1) is 12.8 Å². The molecule has 0 radical (unpaired) electrons. The van der Waals surface area contributed by atoms with E-state index in [0.717, 1.165) is 11.1 Å². The van der Waals surface area contributed by atoms with Gasteiger partial charge >= 0.3 is 5.97 Å². The summed E-state index contributed by atoms with van der Waals surface area (Å²) < 4.78 is 5.76. The van der Waals surface area contributed by atoms with Crippen molar-refractivity contribution in [1.82, 2.24) is 10.3 Å². The SMILES string of the molecule is CCC(CC)(CC(=O)O)NC(=O)Cc1cccc(OCc2cccnc2)c1. The molecule has 2 aromatic rings. The molecule has 0 aliphatic carbocycles. The Morgan fingerprint density at radius 2 is 1.89 bits per heavy atom. The minimum absolute atomic E-state index is 0.0833. The van der Waals surface area contributed by atoms with E-state index < -0.39 is 11.5 Å². The predicted molar refractivity (Wildman–Crippen MR) is 102 cm³/mol. The molecule has 0 fully saturated rings. The number of hydrogen-bond acceptors (Lipinski definition) is 4. The number of benzene rings is 1. The fourth-order valence-corrected chi connectivity index (χ4v) is 2.93. The summed E-state index contributed by atoms with van der Waals surface area (Å²) >= 11 is 0. The average Bonchev–Trinajstić information content (AvgIpc) is 2.66. The third-order valence-electron chi connectivity index (χ3n) is 4.64. The molecule has 2 N–H and O–H groups in total. The summed E-state index contributed by atoms with van der Waals surface area (Å²) in [6, 6.07) is 11.1. The predicted octanol–water partition coefficient (Wildman–Crippen LogP) is 3.35. The first-order valence-electron chi connectivity index (χ1n) is 9.10. The number of amides is 1. The first-order valence-corrected chi connectivity index (χ1v) is 9.10. The van der Waals surface area contributed by atoms with Crippen LogP contribution in [-0.2, 0) is 22.6 Å². The summed E-state index contributed by atoms with van der Waals surface area (Å²) in [7, 11) is 0. The number of rotatable bonds is 10. The van der Waals surface area contributed by atoms with Gasteiger partial charge in [-0.25, -0.2) is 0 Å². The molecule has 27 heavy (non-hydrogen) atoms. The van der Waals surface area contributed by atoms with Crippen molar-refractivity contribution in [1.29, 1.82) is 0 Å². The van der Waals surface area contributed by atoms with Gasteiger partial charge < -0.3 is 15.2 Å². The van der Waals surface area contributed by atoms with Gasteiger partial charge in [0.1, 0.15) is 12.4 Å². The lowest BCUT2D eigenvalue weighted by atomic mass is 9.88. The summed E-state index contributed by atoms with van der Waals surface area (Å²) in [5.74, 6) is -0.430. The zero-order chi connectivity index (χ0) is 19.7. The molecular weight excluding hydrogens is 344 g/mol. The highest BCUT2D eigenvalue weighted by molar-refractivity contribution is 5.80. The number of carbonyl (C=O) groups excluding carboxylic acids is 1. The highest BCUT2D eigenvalue weighted by atomic mass is 16.5. The third-order valence-corrected chi connectivity index (χ3v) is 4.64. The normalized spacial score (nSPS) is 11.0. The van der Waals surface area contributed by atoms with E-state index in [1.165, 1.54) is 0 Å². The van der Waals surface area contributed by atoms with Crippen LogP contribution in [0.2, 0.25) is 0 Å². The first-order chi connectivity index (χ1) is 13.0. The Bertz CT molecular complexity index is 758. The van der Waals surface area contributed by atoms with Crippen LogP contribution < -0.4 is 10.1 Å². The minimum atomic E-state index is -0.912. The van der Waals surface area contributed by atoms with Gasteiger partial charge in [0, 0.05) is 23.5 Å². The molecule has 1 heterocycles. The number of carboxylic acid groups (broad SMARTS) is 1. The number of aliphatic carboxylic acids is 1. The Morgan fingerprint density at radius 1 is 1.15 bits per heavy atom. The number of hydrogen-bond donors (Lipinski definition) is 2. The lowest BCUT2D eigenvalue weighted by Crippen LogP contribution is -2.49. The minimum Gasteiger partial charge on any atom is -0.489 e. The Balaban J connectivity index is 1.98. The molecule has 1 aromatic carbocycles. The van der Waals surface area contributed by atoms with Crippen molar-refractivity contribution in [2.75, 3.05) is 0 Å². The number of ether oxygens (including phenoxy) is 1. The highest BCUT2D eigenvalue weighted by Crippen LogP contribution is 2.21. The Kier molecular flexibility index (Phi) is 7.34. The van der Waals surface area contributed by atoms with Crippen molar-refractivity contribution >= 4 is 11.9 Å². The second-order valence-corrected chi connectivity index (χ2v) is 6.58. The molecule has 1 aromatic heterocycles. The molecule has 0 atom stereocenters. The van der Waals surface area contributed by atoms with Gasteiger partial charge in [-0.1, -0.05) is 32.0 Å². The zero-order valence-electron chi connectivity index (χ0n) is 15.8. The largest absolute Gasteiger partial charge is 0.489 e. The van der Waals surface area contributed by atoms with Crippen molar-refractivity contribution in [2.45, 2.75) is 51.7 Å². The fraction of sp³-hybridized carbons (Fsp3) is 0.381. The smallest absolute Gasteiger partial charge is 0.305 e. The summed E-state index contributed by atoms with van der Waals surface area (Å²) in [6.07, 6.45) is 4.67. The zero-order valence-corrected chi connectivity index (χ0v) is 15.8. The van der Waals surface area contributed by atoms with E-state index in [-0.39, 0.29) is 18.7 Å². The number of carboxylic acids is 1. The van der Waals surface area contributed by atoms with E-state index >= 15 is 0 Å². The number of aromatic nitrogens is 1. The maximum atomic E-state index is 12.5. The Labute approximate surface area is 159 Å². The standard InChI is InChI=1S/C21H26N2O4/c1-3-21(4-2,13-20(25)26)23-19(24)12-16-7-5-9-18(11-16)27-15-17-8-6-10-22-14-17/h5-11,14H,3-4,12-13,15H2,1-2H3,(H,23,24)(H,25,26). The number of carbonyl (C=O) groups is 2. The fourth-order valence-electron chi connectivity index (χ4n) is 2.93. The van der Waals surface area contributed by atoms with Gasteiger partial charge in [0.2, 0.25) is 5.91 Å². The molecule has 0 spiro atoms. The second kappa shape index (κ2) is 9.71. The monoisotopic (exact) mass is 370 g/mol. The topological polar surface area (TPSA) is 88.5 Å². The molecule has 0 aliphatic rings. The number of pyridine rings is 1. The van der Waals surface area contributed by atoms with Crippen molar-refractivity contribution in [3.05, 3.63) is 59.9 Å². The average molecular weight is 370 g/mol. The third kappa shape index (κ3) is 6.40. The summed E-state index contributed by atoms with van der Waals surface area (Å²) in [5.41, 5.74) is 1.06. The van der Waals surface area contributed by atoms with Crippen LogP contribution in [0.4, 0.5) is 0 Å². The van der Waals surface area contributed by atoms with Crippen LogP contribution in [0.5, 0.6) is 5.75 Å². The molecule has 0 bridgehead atoms. The van der Waals surface area contributed by atoms with Gasteiger partial charge in [-0.3, -0.25) is 14.6 Å². The van der Waals surface area contributed by atoms with E-state index in [2.05, 4.69) is 10.3 Å². The molecule has 2 rings (SSSR count). The number of nitrogens with zero attached hydrogens (tertiary/aromatic N) is 1. The lowest BCUT2D eigenvalue weighted by molar-refractivity contribution is -0.139. The molecular formula is C21H26N2O4. The summed E-state index contributed by atoms with van der Waals surface area (Å²) in [4.78, 5) is 27.6. The Morgan fingerprint density at radius 3 is 2.52 bits per heavy atom. The van der Waals surface area contributed by atoms with Crippen LogP contribution in [0, 0.1) is 0 Å². The quantitative estimate of drug-likeness (QED) is 0.669. The highest BCUT2D eigenvalue weighted by Gasteiger charge is 2.30. The van der Waals surface area contributed by atoms with Crippen LogP contribution >= 0.6 is 0 Å². The van der Waals surface area contributed by atoms with E-state index in [0.29, 0.717) is 25.2 Å². The lowest BCUT2D eigenvalue weighted by Gasteiger charge is -2.31. The maximum absolute atomic E-state index is 12.5. The molecule has 0 saturated carbocycles. The Hall–Kier alpha value is -2.89. The van der Waals surface area contributed by atoms with Crippen LogP contribution in [0.3, 0.4) is 0 Å². The van der Waals surface area contributed by atoms with Crippen molar-refractivity contribution in [3.8, 4) is 5.75 Å². The number of nitrogens with one attached hydrogen (secondary N) is 1. The second-order valence-electron chi connectivity index (χ2n) is 6.58. The molecule has 0 unspecified atom stereocenters. The van der Waals surface area contributed by atoms with E-state index in [9.17, 15) is 9.59 Å². The van der Waals surface area contributed by atoms with E-state index in [1.807, 2.05) is 50.2 Å². The van der Waals surface area contributed by atoms with Crippen LogP contribution in [-0.4, -0.2) is 27.5 Å². The summed E-state index contributed by atoms with van der Waals surface area (Å²) in [6.45, 7) is 4.18. The molecule has 0 saturated heterocycles. The van der Waals surface area contributed by atoms with Gasteiger partial charge in [-0.15, -0.1) is 0 Å². The van der Waals surface area contributed by atoms with Gasteiger partial charge in [0.15, 0.2) is 0 Å². The van der Waals surface area contributed by atoms with Crippen molar-refractivity contribution in [3.63, 3.8) is 0 Å². The summed E-state index contributed by atoms with van der Waals surface area (Å²) in [5, 5.41) is 12.0. The van der Waals surface area contributed by atoms with E-state index in [1.54, 1.807) is 12.4 Å². The van der Waals surface area contributed by atoms with Gasteiger partial charge in [-0.05, 0) is 36.6 Å². The van der Waals surface area contributed by atoms with Crippen molar-refractivity contribution < 1.29 is 19.4 Å². The van der Waals surface area contributed by atoms with Crippen LogP contribution in [0.1, 0.15) is 44.2 Å². The molecule has 1 amide bonds. The molecule has 6 heteroatoms. The van der Waals surface area contributed by atoms with Gasteiger partial charge in [-0.2, -0.15) is 0 Å².